The Bertz CT molecular complexity index is 1350. The Morgan fingerprint density at radius 1 is 0.943 bits per heavy atom. The van der Waals surface area contributed by atoms with Crippen molar-refractivity contribution in [2.75, 3.05) is 32.8 Å². The molecule has 0 spiro atoms. The zero-order valence-electron chi connectivity index (χ0n) is 19.4. The van der Waals surface area contributed by atoms with Crippen molar-refractivity contribution < 1.29 is 13.9 Å². The van der Waals surface area contributed by atoms with Gasteiger partial charge < -0.3 is 14.1 Å². The first-order valence-corrected chi connectivity index (χ1v) is 11.8. The van der Waals surface area contributed by atoms with E-state index in [0.717, 1.165) is 38.2 Å². The summed E-state index contributed by atoms with van der Waals surface area (Å²) in [4.78, 5) is 33.5. The molecule has 0 saturated carbocycles. The monoisotopic (exact) mass is 469 g/mol. The van der Waals surface area contributed by atoms with Crippen molar-refractivity contribution in [1.82, 2.24) is 14.8 Å². The van der Waals surface area contributed by atoms with E-state index in [1.54, 1.807) is 24.3 Å². The van der Waals surface area contributed by atoms with Crippen LogP contribution >= 0.6 is 0 Å². The SMILES string of the molecule is O=C(COc1ccc(-c2cc(=O)c3ccccc3o2)cc1)N1CCCN(Cc2ccncc2)CC1. The van der Waals surface area contributed by atoms with Gasteiger partial charge in [0.2, 0.25) is 0 Å². The van der Waals surface area contributed by atoms with E-state index in [9.17, 15) is 9.59 Å². The third-order valence-electron chi connectivity index (χ3n) is 6.23. The zero-order chi connectivity index (χ0) is 24.0. The smallest absolute Gasteiger partial charge is 0.260 e. The minimum absolute atomic E-state index is 0.00520. The molecule has 5 rings (SSSR count). The average molecular weight is 470 g/mol. The summed E-state index contributed by atoms with van der Waals surface area (Å²) in [6.07, 6.45) is 4.55. The fourth-order valence-electron chi connectivity index (χ4n) is 4.32. The fourth-order valence-corrected chi connectivity index (χ4v) is 4.32. The number of hydrogen-bond acceptors (Lipinski definition) is 6. The first kappa shape index (κ1) is 22.8. The van der Waals surface area contributed by atoms with Crippen LogP contribution in [0.15, 0.2) is 88.3 Å². The summed E-state index contributed by atoms with van der Waals surface area (Å²) in [5, 5.41) is 0.559. The van der Waals surface area contributed by atoms with E-state index in [1.165, 1.54) is 11.6 Å². The maximum atomic E-state index is 12.8. The lowest BCUT2D eigenvalue weighted by Gasteiger charge is -2.22. The van der Waals surface area contributed by atoms with Crippen LogP contribution in [0.4, 0.5) is 0 Å². The summed E-state index contributed by atoms with van der Waals surface area (Å²) in [7, 11) is 0. The molecule has 1 saturated heterocycles. The molecular weight excluding hydrogens is 442 g/mol. The number of aromatic nitrogens is 1. The molecule has 7 nitrogen and oxygen atoms in total. The number of pyridine rings is 1. The first-order chi connectivity index (χ1) is 17.2. The summed E-state index contributed by atoms with van der Waals surface area (Å²) >= 11 is 0. The Labute approximate surface area is 203 Å². The number of carbonyl (C=O) groups is 1. The van der Waals surface area contributed by atoms with Crippen LogP contribution in [0.3, 0.4) is 0 Å². The normalized spacial score (nSPS) is 14.6. The van der Waals surface area contributed by atoms with Crippen LogP contribution in [-0.2, 0) is 11.3 Å². The van der Waals surface area contributed by atoms with Crippen LogP contribution in [0.5, 0.6) is 5.75 Å². The minimum atomic E-state index is -0.0791. The van der Waals surface area contributed by atoms with Crippen molar-refractivity contribution in [2.24, 2.45) is 0 Å². The Morgan fingerprint density at radius 2 is 1.74 bits per heavy atom. The predicted molar refractivity (Wildman–Crippen MR) is 134 cm³/mol. The third kappa shape index (κ3) is 5.58. The van der Waals surface area contributed by atoms with Gasteiger partial charge in [0.05, 0.1) is 5.39 Å². The third-order valence-corrected chi connectivity index (χ3v) is 6.23. The highest BCUT2D eigenvalue weighted by molar-refractivity contribution is 5.79. The lowest BCUT2D eigenvalue weighted by molar-refractivity contribution is -0.133. The molecule has 1 aliphatic heterocycles. The number of amides is 1. The van der Waals surface area contributed by atoms with Crippen molar-refractivity contribution in [1.29, 1.82) is 0 Å². The number of hydrogen-bond donors (Lipinski definition) is 0. The Kier molecular flexibility index (Phi) is 6.86. The molecule has 1 fully saturated rings. The Balaban J connectivity index is 1.16. The number of benzene rings is 2. The molecule has 0 unspecified atom stereocenters. The van der Waals surface area contributed by atoms with Crippen molar-refractivity contribution >= 4 is 16.9 Å². The van der Waals surface area contributed by atoms with Crippen LogP contribution in [-0.4, -0.2) is 53.5 Å². The van der Waals surface area contributed by atoms with Gasteiger partial charge in [-0.2, -0.15) is 0 Å². The quantitative estimate of drug-likeness (QED) is 0.425. The molecule has 35 heavy (non-hydrogen) atoms. The van der Waals surface area contributed by atoms with Gasteiger partial charge in [-0.25, -0.2) is 0 Å². The van der Waals surface area contributed by atoms with Crippen molar-refractivity contribution in [3.05, 3.63) is 94.9 Å². The molecule has 3 heterocycles. The summed E-state index contributed by atoms with van der Waals surface area (Å²) in [5.74, 6) is 1.08. The van der Waals surface area contributed by atoms with Crippen LogP contribution in [0, 0.1) is 0 Å². The molecule has 2 aromatic carbocycles. The number of fused-ring (bicyclic) bond motifs is 1. The van der Waals surface area contributed by atoms with Crippen molar-refractivity contribution in [3.63, 3.8) is 0 Å². The fraction of sp³-hybridized carbons (Fsp3) is 0.250. The summed E-state index contributed by atoms with van der Waals surface area (Å²) < 4.78 is 11.7. The predicted octanol–water partition coefficient (Wildman–Crippen LogP) is 3.97. The van der Waals surface area contributed by atoms with Gasteiger partial charge >= 0.3 is 0 Å². The van der Waals surface area contributed by atoms with E-state index in [2.05, 4.69) is 9.88 Å². The maximum Gasteiger partial charge on any atom is 0.260 e. The molecule has 178 valence electrons. The van der Waals surface area contributed by atoms with Gasteiger partial charge in [-0.3, -0.25) is 19.5 Å². The van der Waals surface area contributed by atoms with Crippen molar-refractivity contribution in [3.8, 4) is 17.1 Å². The highest BCUT2D eigenvalue weighted by Crippen LogP contribution is 2.24. The topological polar surface area (TPSA) is 75.9 Å². The second kappa shape index (κ2) is 10.5. The number of rotatable bonds is 6. The second-order valence-electron chi connectivity index (χ2n) is 8.65. The largest absolute Gasteiger partial charge is 0.484 e. The minimum Gasteiger partial charge on any atom is -0.484 e. The van der Waals surface area contributed by atoms with E-state index < -0.39 is 0 Å². The highest BCUT2D eigenvalue weighted by atomic mass is 16.5. The molecule has 7 heteroatoms. The number of nitrogens with zero attached hydrogens (tertiary/aromatic N) is 3. The van der Waals surface area contributed by atoms with E-state index in [-0.39, 0.29) is 17.9 Å². The van der Waals surface area contributed by atoms with Crippen LogP contribution in [0.2, 0.25) is 0 Å². The highest BCUT2D eigenvalue weighted by Gasteiger charge is 2.19. The van der Waals surface area contributed by atoms with Gasteiger partial charge in [0.15, 0.2) is 12.0 Å². The molecule has 1 amide bonds. The standard InChI is InChI=1S/C28H27N3O4/c32-25-18-27(35-26-5-2-1-4-24(25)26)22-6-8-23(9-7-22)34-20-28(33)31-15-3-14-30(16-17-31)19-21-10-12-29-13-11-21/h1-2,4-13,18H,3,14-17,19-20H2. The molecule has 2 aromatic heterocycles. The molecule has 1 aliphatic rings. The molecular formula is C28H27N3O4. The van der Waals surface area contributed by atoms with Gasteiger partial charge in [-0.1, -0.05) is 12.1 Å². The second-order valence-corrected chi connectivity index (χ2v) is 8.65. The molecule has 0 atom stereocenters. The zero-order valence-corrected chi connectivity index (χ0v) is 19.4. The lowest BCUT2D eigenvalue weighted by atomic mass is 10.1. The molecule has 0 aliphatic carbocycles. The van der Waals surface area contributed by atoms with Gasteiger partial charge in [0.25, 0.3) is 5.91 Å². The van der Waals surface area contributed by atoms with Crippen LogP contribution in [0.1, 0.15) is 12.0 Å². The van der Waals surface area contributed by atoms with E-state index in [1.807, 2.05) is 53.7 Å². The van der Waals surface area contributed by atoms with Gasteiger partial charge in [0, 0.05) is 56.7 Å². The molecule has 0 bridgehead atoms. The van der Waals surface area contributed by atoms with E-state index in [0.29, 0.717) is 29.0 Å². The maximum absolute atomic E-state index is 12.8. The van der Waals surface area contributed by atoms with E-state index in [4.69, 9.17) is 9.15 Å². The number of carbonyl (C=O) groups excluding carboxylic acids is 1. The average Bonchev–Trinajstić information content (AvgIpc) is 3.14. The van der Waals surface area contributed by atoms with Gasteiger partial charge in [-0.15, -0.1) is 0 Å². The lowest BCUT2D eigenvalue weighted by Crippen LogP contribution is -2.38. The molecule has 0 N–H and O–H groups in total. The number of ether oxygens (including phenoxy) is 1. The Morgan fingerprint density at radius 3 is 2.57 bits per heavy atom. The first-order valence-electron chi connectivity index (χ1n) is 11.8. The van der Waals surface area contributed by atoms with E-state index >= 15 is 0 Å². The molecule has 4 aromatic rings. The van der Waals surface area contributed by atoms with Gasteiger partial charge in [0.1, 0.15) is 17.1 Å². The summed E-state index contributed by atoms with van der Waals surface area (Å²) in [5.41, 5.74) is 2.48. The molecule has 0 radical (unpaired) electrons. The van der Waals surface area contributed by atoms with Crippen LogP contribution in [0.25, 0.3) is 22.3 Å². The Hall–Kier alpha value is -3.97. The van der Waals surface area contributed by atoms with Crippen molar-refractivity contribution in [2.45, 2.75) is 13.0 Å². The summed E-state index contributed by atoms with van der Waals surface area (Å²) in [6.45, 7) is 4.07. The van der Waals surface area contributed by atoms with Gasteiger partial charge in [-0.05, 0) is 60.5 Å². The number of para-hydroxylation sites is 1. The summed E-state index contributed by atoms with van der Waals surface area (Å²) in [6, 6.07) is 20.0. The van der Waals surface area contributed by atoms with Crippen LogP contribution < -0.4 is 10.2 Å².